The number of benzene rings is 1. The largest absolute Gasteiger partial charge is 0.354 e. The number of aryl methyl sites for hydroxylation is 1. The zero-order valence-corrected chi connectivity index (χ0v) is 19.1. The fraction of sp³-hybridized carbons (Fsp3) is 0.350. The smallest absolute Gasteiger partial charge is 0.223 e. The van der Waals surface area contributed by atoms with Gasteiger partial charge in [0.1, 0.15) is 17.0 Å². The Balaban J connectivity index is 1.67. The second-order valence-electron chi connectivity index (χ2n) is 7.63. The first-order chi connectivity index (χ1) is 14.4. The summed E-state index contributed by atoms with van der Waals surface area (Å²) in [5, 5.41) is 7.86. The van der Waals surface area contributed by atoms with Crippen LogP contribution in [0.3, 0.4) is 0 Å². The van der Waals surface area contributed by atoms with Gasteiger partial charge in [0.25, 0.3) is 0 Å². The molecule has 0 aliphatic heterocycles. The van der Waals surface area contributed by atoms with E-state index in [2.05, 4.69) is 38.7 Å². The molecule has 0 fully saturated rings. The second-order valence-corrected chi connectivity index (χ2v) is 9.60. The molecule has 1 atom stereocenters. The van der Waals surface area contributed by atoms with Crippen molar-refractivity contribution in [2.75, 3.05) is 10.7 Å². The van der Waals surface area contributed by atoms with Crippen LogP contribution in [0.4, 0.5) is 17.2 Å². The fourth-order valence-corrected chi connectivity index (χ4v) is 5.47. The highest BCUT2D eigenvalue weighted by molar-refractivity contribution is 7.80. The lowest BCUT2D eigenvalue weighted by Crippen LogP contribution is -2.37. The molecule has 0 spiro atoms. The minimum atomic E-state index is -0.00479. The van der Waals surface area contributed by atoms with Crippen molar-refractivity contribution < 1.29 is 4.79 Å². The first-order valence-corrected chi connectivity index (χ1v) is 11.3. The van der Waals surface area contributed by atoms with Crippen molar-refractivity contribution in [1.29, 1.82) is 0 Å². The van der Waals surface area contributed by atoms with E-state index in [1.807, 2.05) is 13.8 Å². The number of carbonyl (C=O) groups is 1. The summed E-state index contributed by atoms with van der Waals surface area (Å²) in [4.78, 5) is 24.2. The Kier molecular flexibility index (Phi) is 6.06. The van der Waals surface area contributed by atoms with Gasteiger partial charge in [-0.25, -0.2) is 9.97 Å². The average molecular weight is 463 g/mol. The first-order valence-electron chi connectivity index (χ1n) is 9.69. The SMILES string of the molecule is CC(C)NC(=O)C1CCc2c(sc3ncnc(Nc4cc(S)c(NN)cc4Cl)c23)C1. The maximum absolute atomic E-state index is 12.5. The third-order valence-corrected chi connectivity index (χ3v) is 6.99. The van der Waals surface area contributed by atoms with Gasteiger partial charge in [-0.1, -0.05) is 11.6 Å². The molecule has 158 valence electrons. The molecule has 10 heteroatoms. The third kappa shape index (κ3) is 4.07. The number of nitrogens with one attached hydrogen (secondary N) is 3. The predicted molar refractivity (Wildman–Crippen MR) is 126 cm³/mol. The standard InChI is InChI=1S/C20H23ClN6OS2/c1-9(2)25-19(28)10-3-4-11-16(5-10)30-20-17(11)18(23-8-24-20)26-13-7-15(29)14(27-22)6-12(13)21/h6-10,27,29H,3-5,22H2,1-2H3,(H,25,28)(H,23,24,26). The zero-order valence-electron chi connectivity index (χ0n) is 16.6. The Hall–Kier alpha value is -2.07. The summed E-state index contributed by atoms with van der Waals surface area (Å²) < 4.78 is 0. The molecule has 0 saturated carbocycles. The van der Waals surface area contributed by atoms with E-state index in [1.165, 1.54) is 10.4 Å². The molecule has 7 nitrogen and oxygen atoms in total. The van der Waals surface area contributed by atoms with Crippen LogP contribution in [0, 0.1) is 5.92 Å². The van der Waals surface area contributed by atoms with Gasteiger partial charge in [0.05, 0.1) is 21.8 Å². The highest BCUT2D eigenvalue weighted by atomic mass is 35.5. The Morgan fingerprint density at radius 2 is 2.13 bits per heavy atom. The summed E-state index contributed by atoms with van der Waals surface area (Å²) in [6.45, 7) is 3.97. The van der Waals surface area contributed by atoms with Crippen LogP contribution >= 0.6 is 35.6 Å². The molecule has 2 aromatic heterocycles. The van der Waals surface area contributed by atoms with Gasteiger partial charge in [-0.15, -0.1) is 24.0 Å². The molecular weight excluding hydrogens is 440 g/mol. The minimum absolute atomic E-state index is 0.00479. The quantitative estimate of drug-likeness (QED) is 0.220. The van der Waals surface area contributed by atoms with E-state index in [1.54, 1.807) is 29.8 Å². The molecule has 1 amide bonds. The molecule has 5 N–H and O–H groups in total. The summed E-state index contributed by atoms with van der Waals surface area (Å²) in [6, 6.07) is 3.66. The molecule has 1 aromatic carbocycles. The Bertz CT molecular complexity index is 1120. The molecule has 30 heavy (non-hydrogen) atoms. The Morgan fingerprint density at radius 1 is 1.33 bits per heavy atom. The highest BCUT2D eigenvalue weighted by Gasteiger charge is 2.29. The number of hydrogen-bond acceptors (Lipinski definition) is 8. The molecule has 2 heterocycles. The number of hydrazine groups is 1. The Labute approximate surface area is 189 Å². The highest BCUT2D eigenvalue weighted by Crippen LogP contribution is 2.41. The number of fused-ring (bicyclic) bond motifs is 3. The number of amides is 1. The maximum atomic E-state index is 12.5. The lowest BCUT2D eigenvalue weighted by atomic mass is 9.87. The van der Waals surface area contributed by atoms with E-state index in [-0.39, 0.29) is 17.9 Å². The molecule has 0 radical (unpaired) electrons. The fourth-order valence-electron chi connectivity index (χ4n) is 3.73. The maximum Gasteiger partial charge on any atom is 0.223 e. The second kappa shape index (κ2) is 8.58. The Morgan fingerprint density at radius 3 is 2.87 bits per heavy atom. The van der Waals surface area contributed by atoms with Crippen LogP contribution in [-0.2, 0) is 17.6 Å². The van der Waals surface area contributed by atoms with E-state index in [9.17, 15) is 4.79 Å². The summed E-state index contributed by atoms with van der Waals surface area (Å²) in [5.41, 5.74) is 5.12. The van der Waals surface area contributed by atoms with E-state index >= 15 is 0 Å². The van der Waals surface area contributed by atoms with Crippen molar-refractivity contribution in [1.82, 2.24) is 15.3 Å². The van der Waals surface area contributed by atoms with Gasteiger partial charge in [-0.3, -0.25) is 10.6 Å². The van der Waals surface area contributed by atoms with Gasteiger partial charge in [-0.2, -0.15) is 0 Å². The van der Waals surface area contributed by atoms with Gasteiger partial charge in [0.2, 0.25) is 5.91 Å². The molecule has 0 saturated heterocycles. The van der Waals surface area contributed by atoms with Gasteiger partial charge in [0.15, 0.2) is 0 Å². The van der Waals surface area contributed by atoms with Gasteiger partial charge in [0, 0.05) is 21.7 Å². The van der Waals surface area contributed by atoms with Crippen molar-refractivity contribution in [3.05, 3.63) is 33.9 Å². The van der Waals surface area contributed by atoms with Gasteiger partial charge >= 0.3 is 0 Å². The normalized spacial score (nSPS) is 15.9. The van der Waals surface area contributed by atoms with Crippen LogP contribution in [0.1, 0.15) is 30.7 Å². The molecule has 1 aliphatic rings. The van der Waals surface area contributed by atoms with Crippen LogP contribution < -0.4 is 21.9 Å². The lowest BCUT2D eigenvalue weighted by molar-refractivity contribution is -0.125. The number of thiophene rings is 1. The number of nitrogens with two attached hydrogens (primary N) is 1. The number of aromatic nitrogens is 2. The lowest BCUT2D eigenvalue weighted by Gasteiger charge is -2.23. The number of halogens is 1. The van der Waals surface area contributed by atoms with Crippen LogP contribution in [0.5, 0.6) is 0 Å². The third-order valence-electron chi connectivity index (χ3n) is 5.14. The first kappa shape index (κ1) is 21.2. The van der Waals surface area contributed by atoms with E-state index in [0.717, 1.165) is 29.5 Å². The topological polar surface area (TPSA) is 105 Å². The summed E-state index contributed by atoms with van der Waals surface area (Å²) in [6.07, 6.45) is 3.90. The van der Waals surface area contributed by atoms with Crippen molar-refractivity contribution in [3.63, 3.8) is 0 Å². The van der Waals surface area contributed by atoms with Crippen molar-refractivity contribution >= 4 is 68.9 Å². The van der Waals surface area contributed by atoms with Gasteiger partial charge in [-0.05, 0) is 50.8 Å². The minimum Gasteiger partial charge on any atom is -0.354 e. The average Bonchev–Trinajstić information content (AvgIpc) is 3.08. The number of nitrogen functional groups attached to an aromatic ring is 1. The van der Waals surface area contributed by atoms with Crippen molar-refractivity contribution in [2.24, 2.45) is 11.8 Å². The summed E-state index contributed by atoms with van der Waals surface area (Å²) >= 11 is 12.5. The number of anilines is 3. The van der Waals surface area contributed by atoms with E-state index in [0.29, 0.717) is 27.1 Å². The van der Waals surface area contributed by atoms with Crippen LogP contribution in [0.25, 0.3) is 10.2 Å². The number of rotatable bonds is 5. The monoisotopic (exact) mass is 462 g/mol. The van der Waals surface area contributed by atoms with E-state index in [4.69, 9.17) is 17.4 Å². The van der Waals surface area contributed by atoms with Crippen molar-refractivity contribution in [2.45, 2.75) is 44.0 Å². The number of thiol groups is 1. The summed E-state index contributed by atoms with van der Waals surface area (Å²) in [5.74, 6) is 6.31. The predicted octanol–water partition coefficient (Wildman–Crippen LogP) is 4.29. The molecule has 4 rings (SSSR count). The van der Waals surface area contributed by atoms with Gasteiger partial charge < -0.3 is 16.1 Å². The number of hydrogen-bond donors (Lipinski definition) is 5. The van der Waals surface area contributed by atoms with Crippen molar-refractivity contribution in [3.8, 4) is 0 Å². The molecule has 3 aromatic rings. The molecule has 1 unspecified atom stereocenters. The van der Waals surface area contributed by atoms with E-state index < -0.39 is 0 Å². The molecule has 1 aliphatic carbocycles. The molecular formula is C20H23ClN6OS2. The summed E-state index contributed by atoms with van der Waals surface area (Å²) in [7, 11) is 0. The van der Waals surface area contributed by atoms with Crippen LogP contribution in [0.2, 0.25) is 5.02 Å². The van der Waals surface area contributed by atoms with Crippen LogP contribution in [0.15, 0.2) is 23.4 Å². The zero-order chi connectivity index (χ0) is 21.4. The van der Waals surface area contributed by atoms with Crippen LogP contribution in [-0.4, -0.2) is 21.9 Å². The number of carbonyl (C=O) groups excluding carboxylic acids is 1. The molecule has 0 bridgehead atoms. The number of nitrogens with zero attached hydrogens (tertiary/aromatic N) is 2.